The molecule has 1 aliphatic heterocycles. The summed E-state index contributed by atoms with van der Waals surface area (Å²) in [7, 11) is -3.59. The van der Waals surface area contributed by atoms with Gasteiger partial charge >= 0.3 is 0 Å². The van der Waals surface area contributed by atoms with Crippen LogP contribution in [-0.2, 0) is 14.8 Å². The molecule has 1 aliphatic carbocycles. The molecule has 0 N–H and O–H groups in total. The van der Waals surface area contributed by atoms with Crippen LogP contribution >= 0.6 is 0 Å². The van der Waals surface area contributed by atoms with Crippen LogP contribution in [0.25, 0.3) is 0 Å². The number of nitrogens with zero attached hydrogens (tertiary/aromatic N) is 1. The molecule has 0 spiro atoms. The van der Waals surface area contributed by atoms with Gasteiger partial charge in [0.05, 0.1) is 23.6 Å². The number of hydrogen-bond donors (Lipinski definition) is 0. The van der Waals surface area contributed by atoms with Gasteiger partial charge in [-0.15, -0.1) is 0 Å². The van der Waals surface area contributed by atoms with Crippen molar-refractivity contribution in [2.75, 3.05) is 13.2 Å². The highest BCUT2D eigenvalue weighted by atomic mass is 32.2. The van der Waals surface area contributed by atoms with Crippen LogP contribution in [-0.4, -0.2) is 43.8 Å². The molecule has 22 heavy (non-hydrogen) atoms. The van der Waals surface area contributed by atoms with E-state index in [1.807, 2.05) is 0 Å². The van der Waals surface area contributed by atoms with E-state index in [-0.39, 0.29) is 22.8 Å². The predicted molar refractivity (Wildman–Crippen MR) is 82.3 cm³/mol. The maximum Gasteiger partial charge on any atom is 0.243 e. The molecule has 1 saturated heterocycles. The number of fused-ring (bicyclic) bond motifs is 1. The standard InChI is InChI=1S/C16H21NO4S/c1-12(18)13-5-4-6-14(11-13)22(19,20)17-9-10-21-16-8-3-2-7-15(16)17/h4-6,11,15-16H,2-3,7-10H2,1H3/t15-,16-/m0/s1. The van der Waals surface area contributed by atoms with Crippen molar-refractivity contribution in [3.8, 4) is 0 Å². The molecule has 2 aliphatic rings. The number of carbonyl (C=O) groups is 1. The molecule has 2 fully saturated rings. The zero-order valence-corrected chi connectivity index (χ0v) is 13.5. The van der Waals surface area contributed by atoms with Crippen LogP contribution in [0.1, 0.15) is 43.0 Å². The molecule has 1 heterocycles. The Morgan fingerprint density at radius 3 is 2.82 bits per heavy atom. The van der Waals surface area contributed by atoms with E-state index >= 15 is 0 Å². The highest BCUT2D eigenvalue weighted by molar-refractivity contribution is 7.89. The van der Waals surface area contributed by atoms with E-state index in [0.717, 1.165) is 25.7 Å². The molecule has 2 atom stereocenters. The lowest BCUT2D eigenvalue weighted by Crippen LogP contribution is -2.54. The van der Waals surface area contributed by atoms with Crippen LogP contribution in [0, 0.1) is 0 Å². The molecule has 0 aromatic heterocycles. The fourth-order valence-corrected chi connectivity index (χ4v) is 5.08. The molecule has 5 nitrogen and oxygen atoms in total. The van der Waals surface area contributed by atoms with Crippen LogP contribution < -0.4 is 0 Å². The zero-order valence-electron chi connectivity index (χ0n) is 12.7. The minimum atomic E-state index is -3.59. The van der Waals surface area contributed by atoms with Gasteiger partial charge in [0.1, 0.15) is 0 Å². The van der Waals surface area contributed by atoms with E-state index in [0.29, 0.717) is 18.7 Å². The third kappa shape index (κ3) is 2.83. The Bertz CT molecular complexity index is 668. The Morgan fingerprint density at radius 2 is 2.05 bits per heavy atom. The quantitative estimate of drug-likeness (QED) is 0.800. The van der Waals surface area contributed by atoms with Gasteiger partial charge in [0, 0.05) is 12.1 Å². The van der Waals surface area contributed by atoms with Crippen LogP contribution in [0.5, 0.6) is 0 Å². The largest absolute Gasteiger partial charge is 0.375 e. The molecule has 1 aromatic rings. The Morgan fingerprint density at radius 1 is 1.27 bits per heavy atom. The number of benzene rings is 1. The average molecular weight is 323 g/mol. The van der Waals surface area contributed by atoms with Crippen molar-refractivity contribution in [3.05, 3.63) is 29.8 Å². The van der Waals surface area contributed by atoms with Gasteiger partial charge in [-0.1, -0.05) is 25.0 Å². The summed E-state index contributed by atoms with van der Waals surface area (Å²) in [4.78, 5) is 11.7. The first-order chi connectivity index (χ1) is 10.5. The van der Waals surface area contributed by atoms with Gasteiger partial charge in [0.15, 0.2) is 5.78 Å². The topological polar surface area (TPSA) is 63.7 Å². The van der Waals surface area contributed by atoms with Gasteiger partial charge in [-0.2, -0.15) is 4.31 Å². The van der Waals surface area contributed by atoms with Crippen molar-refractivity contribution in [1.29, 1.82) is 0 Å². The summed E-state index contributed by atoms with van der Waals surface area (Å²) >= 11 is 0. The lowest BCUT2D eigenvalue weighted by molar-refractivity contribution is -0.0586. The number of hydrogen-bond acceptors (Lipinski definition) is 4. The second kappa shape index (κ2) is 6.10. The summed E-state index contributed by atoms with van der Waals surface area (Å²) in [6.07, 6.45) is 3.90. The molecular formula is C16H21NO4S. The van der Waals surface area contributed by atoms with Crippen molar-refractivity contribution in [3.63, 3.8) is 0 Å². The lowest BCUT2D eigenvalue weighted by Gasteiger charge is -2.42. The third-order valence-electron chi connectivity index (χ3n) is 4.53. The first-order valence-electron chi connectivity index (χ1n) is 7.74. The van der Waals surface area contributed by atoms with Crippen molar-refractivity contribution in [1.82, 2.24) is 4.31 Å². The number of carbonyl (C=O) groups excluding carboxylic acids is 1. The number of ether oxygens (including phenoxy) is 1. The maximum atomic E-state index is 13.0. The van der Waals surface area contributed by atoms with Gasteiger partial charge in [0.2, 0.25) is 10.0 Å². The van der Waals surface area contributed by atoms with Crippen molar-refractivity contribution in [2.24, 2.45) is 0 Å². The maximum absolute atomic E-state index is 13.0. The van der Waals surface area contributed by atoms with Gasteiger partial charge in [-0.05, 0) is 31.9 Å². The molecule has 120 valence electrons. The summed E-state index contributed by atoms with van der Waals surface area (Å²) in [6, 6.07) is 6.24. The molecule has 1 aromatic carbocycles. The van der Waals surface area contributed by atoms with E-state index in [1.165, 1.54) is 13.0 Å². The van der Waals surface area contributed by atoms with Crippen LogP contribution in [0.15, 0.2) is 29.2 Å². The van der Waals surface area contributed by atoms with Crippen molar-refractivity contribution >= 4 is 15.8 Å². The van der Waals surface area contributed by atoms with E-state index in [9.17, 15) is 13.2 Å². The van der Waals surface area contributed by atoms with E-state index < -0.39 is 10.0 Å². The Hall–Kier alpha value is -1.24. The summed E-state index contributed by atoms with van der Waals surface area (Å²) < 4.78 is 33.3. The monoisotopic (exact) mass is 323 g/mol. The summed E-state index contributed by atoms with van der Waals surface area (Å²) in [5.74, 6) is -0.130. The Labute approximate surface area is 131 Å². The molecule has 0 unspecified atom stereocenters. The molecule has 3 rings (SSSR count). The number of morpholine rings is 1. The van der Waals surface area contributed by atoms with Gasteiger partial charge in [-0.3, -0.25) is 4.79 Å². The highest BCUT2D eigenvalue weighted by Crippen LogP contribution is 2.32. The number of sulfonamides is 1. The summed E-state index contributed by atoms with van der Waals surface area (Å²) in [5.41, 5.74) is 0.425. The van der Waals surface area contributed by atoms with Gasteiger partial charge in [0.25, 0.3) is 0 Å². The fraction of sp³-hybridized carbons (Fsp3) is 0.562. The molecular weight excluding hydrogens is 302 g/mol. The Balaban J connectivity index is 1.94. The SMILES string of the molecule is CC(=O)c1cccc(S(=O)(=O)N2CCO[C@H]3CCCC[C@@H]32)c1. The smallest absolute Gasteiger partial charge is 0.243 e. The normalized spacial score (nSPS) is 26.4. The van der Waals surface area contributed by atoms with E-state index in [1.54, 1.807) is 22.5 Å². The molecule has 0 radical (unpaired) electrons. The predicted octanol–water partition coefficient (Wildman–Crippen LogP) is 2.22. The third-order valence-corrected chi connectivity index (χ3v) is 6.45. The van der Waals surface area contributed by atoms with Crippen LogP contribution in [0.3, 0.4) is 0 Å². The molecule has 0 bridgehead atoms. The zero-order chi connectivity index (χ0) is 15.7. The minimum absolute atomic E-state index is 0.00765. The Kier molecular flexibility index (Phi) is 4.34. The van der Waals surface area contributed by atoms with Crippen molar-refractivity contribution in [2.45, 2.75) is 49.6 Å². The van der Waals surface area contributed by atoms with Crippen LogP contribution in [0.4, 0.5) is 0 Å². The highest BCUT2D eigenvalue weighted by Gasteiger charge is 2.40. The van der Waals surface area contributed by atoms with E-state index in [2.05, 4.69) is 0 Å². The average Bonchev–Trinajstić information content (AvgIpc) is 2.54. The summed E-state index contributed by atoms with van der Waals surface area (Å²) in [6.45, 7) is 2.26. The first-order valence-corrected chi connectivity index (χ1v) is 9.18. The lowest BCUT2D eigenvalue weighted by atomic mass is 9.91. The number of Topliss-reactive ketones (excluding diaryl/α,β-unsaturated/α-hetero) is 1. The second-order valence-electron chi connectivity index (χ2n) is 5.96. The van der Waals surface area contributed by atoms with Crippen molar-refractivity contribution < 1.29 is 17.9 Å². The molecule has 6 heteroatoms. The van der Waals surface area contributed by atoms with Gasteiger partial charge < -0.3 is 4.74 Å². The van der Waals surface area contributed by atoms with Gasteiger partial charge in [-0.25, -0.2) is 8.42 Å². The number of ketones is 1. The number of rotatable bonds is 3. The summed E-state index contributed by atoms with van der Waals surface area (Å²) in [5, 5.41) is 0. The fourth-order valence-electron chi connectivity index (χ4n) is 3.37. The van der Waals surface area contributed by atoms with E-state index in [4.69, 9.17) is 4.74 Å². The minimum Gasteiger partial charge on any atom is -0.375 e. The first kappa shape index (κ1) is 15.6. The van der Waals surface area contributed by atoms with Crippen LogP contribution in [0.2, 0.25) is 0 Å². The molecule has 1 saturated carbocycles. The molecule has 0 amide bonds. The second-order valence-corrected chi connectivity index (χ2v) is 7.85.